The van der Waals surface area contributed by atoms with Gasteiger partial charge < -0.3 is 9.64 Å². The van der Waals surface area contributed by atoms with E-state index in [0.717, 1.165) is 24.6 Å². The van der Waals surface area contributed by atoms with E-state index in [-0.39, 0.29) is 35.7 Å². The number of carbonyl (C=O) groups is 1. The van der Waals surface area contributed by atoms with Crippen molar-refractivity contribution >= 4 is 5.91 Å². The molecule has 2 bridgehead atoms. The first-order chi connectivity index (χ1) is 15.3. The second-order valence-corrected chi connectivity index (χ2v) is 7.84. The highest BCUT2D eigenvalue weighted by atomic mass is 19.4. The maximum atomic E-state index is 13.5. The van der Waals surface area contributed by atoms with Gasteiger partial charge in [-0.25, -0.2) is 15.0 Å². The molecule has 3 atom stereocenters. The SMILES string of the molecule is Cc1cnc(C(=O)N2C3CCC2C(Oc2cnc(C(F)(F)F)cn2)C3)c(-n2nccn2)c1. The van der Waals surface area contributed by atoms with E-state index >= 15 is 0 Å². The topological polar surface area (TPSA) is 98.9 Å². The Morgan fingerprint density at radius 1 is 1.09 bits per heavy atom. The van der Waals surface area contributed by atoms with Crippen LogP contribution in [0.2, 0.25) is 0 Å². The molecule has 0 spiro atoms. The fraction of sp³-hybridized carbons (Fsp3) is 0.400. The van der Waals surface area contributed by atoms with Crippen LogP contribution in [0.3, 0.4) is 0 Å². The number of carbonyl (C=O) groups excluding carboxylic acids is 1. The van der Waals surface area contributed by atoms with Gasteiger partial charge in [-0.15, -0.1) is 4.80 Å². The minimum absolute atomic E-state index is 0.00200. The average molecular weight is 445 g/mol. The van der Waals surface area contributed by atoms with Gasteiger partial charge in [-0.2, -0.15) is 23.4 Å². The fourth-order valence-electron chi connectivity index (χ4n) is 4.39. The van der Waals surface area contributed by atoms with Gasteiger partial charge in [0.05, 0.1) is 30.8 Å². The van der Waals surface area contributed by atoms with Crippen LogP contribution < -0.4 is 4.74 Å². The van der Waals surface area contributed by atoms with Gasteiger partial charge in [0.15, 0.2) is 11.4 Å². The number of pyridine rings is 1. The minimum atomic E-state index is -4.57. The number of rotatable bonds is 4. The summed E-state index contributed by atoms with van der Waals surface area (Å²) < 4.78 is 43.9. The number of fused-ring (bicyclic) bond motifs is 2. The third kappa shape index (κ3) is 3.55. The molecule has 0 N–H and O–H groups in total. The molecule has 0 radical (unpaired) electrons. The number of nitrogens with zero attached hydrogens (tertiary/aromatic N) is 7. The molecule has 9 nitrogen and oxygen atoms in total. The van der Waals surface area contributed by atoms with E-state index in [1.54, 1.807) is 17.2 Å². The average Bonchev–Trinajstić information content (AvgIpc) is 3.49. The van der Waals surface area contributed by atoms with Crippen LogP contribution in [0.5, 0.6) is 5.88 Å². The number of alkyl halides is 3. The Hall–Kier alpha value is -3.57. The van der Waals surface area contributed by atoms with E-state index in [9.17, 15) is 18.0 Å². The molecule has 0 aliphatic carbocycles. The molecule has 32 heavy (non-hydrogen) atoms. The quantitative estimate of drug-likeness (QED) is 0.609. The van der Waals surface area contributed by atoms with E-state index in [1.165, 1.54) is 17.2 Å². The van der Waals surface area contributed by atoms with Crippen molar-refractivity contribution < 1.29 is 22.7 Å². The molecular weight excluding hydrogens is 427 g/mol. The zero-order valence-electron chi connectivity index (χ0n) is 16.9. The molecule has 3 unspecified atom stereocenters. The normalized spacial score (nSPS) is 22.4. The van der Waals surface area contributed by atoms with E-state index in [1.807, 2.05) is 6.92 Å². The summed E-state index contributed by atoms with van der Waals surface area (Å²) in [5.74, 6) is -0.257. The predicted octanol–water partition coefficient (Wildman–Crippen LogP) is 2.60. The van der Waals surface area contributed by atoms with Gasteiger partial charge in [-0.3, -0.25) is 4.79 Å². The molecule has 0 aromatic carbocycles. The monoisotopic (exact) mass is 445 g/mol. The van der Waals surface area contributed by atoms with E-state index < -0.39 is 11.9 Å². The van der Waals surface area contributed by atoms with Crippen LogP contribution in [0.15, 0.2) is 37.1 Å². The second-order valence-electron chi connectivity index (χ2n) is 7.84. The number of amides is 1. The number of hydrogen-bond acceptors (Lipinski definition) is 7. The van der Waals surface area contributed by atoms with Gasteiger partial charge >= 0.3 is 6.18 Å². The molecule has 3 aromatic rings. The first-order valence-electron chi connectivity index (χ1n) is 10.0. The van der Waals surface area contributed by atoms with Gasteiger partial charge in [-0.05, 0) is 31.4 Å². The first-order valence-corrected chi connectivity index (χ1v) is 10.0. The summed E-state index contributed by atoms with van der Waals surface area (Å²) in [6, 6.07) is 1.50. The molecule has 5 heterocycles. The van der Waals surface area contributed by atoms with Gasteiger partial charge in [0, 0.05) is 18.7 Å². The van der Waals surface area contributed by atoms with Crippen LogP contribution in [-0.2, 0) is 6.18 Å². The zero-order chi connectivity index (χ0) is 22.5. The Morgan fingerprint density at radius 3 is 2.56 bits per heavy atom. The molecule has 2 aliphatic rings. The summed E-state index contributed by atoms with van der Waals surface area (Å²) in [4.78, 5) is 28.1. The Kier molecular flexibility index (Phi) is 4.79. The largest absolute Gasteiger partial charge is 0.471 e. The summed E-state index contributed by atoms with van der Waals surface area (Å²) in [7, 11) is 0. The lowest BCUT2D eigenvalue weighted by atomic mass is 9.98. The molecule has 2 aliphatic heterocycles. The van der Waals surface area contributed by atoms with Crippen LogP contribution in [0.25, 0.3) is 5.69 Å². The predicted molar refractivity (Wildman–Crippen MR) is 103 cm³/mol. The summed E-state index contributed by atoms with van der Waals surface area (Å²) in [5, 5.41) is 8.24. The smallest absolute Gasteiger partial charge is 0.434 e. The Labute approximate surface area is 180 Å². The maximum absolute atomic E-state index is 13.5. The molecule has 2 saturated heterocycles. The van der Waals surface area contributed by atoms with Crippen LogP contribution >= 0.6 is 0 Å². The van der Waals surface area contributed by atoms with Crippen molar-refractivity contribution in [2.45, 2.75) is 50.6 Å². The van der Waals surface area contributed by atoms with Gasteiger partial charge in [-0.1, -0.05) is 0 Å². The molecule has 5 rings (SSSR count). The number of ether oxygens (including phenoxy) is 1. The number of halogens is 3. The van der Waals surface area contributed by atoms with Crippen molar-refractivity contribution in [1.82, 2.24) is 34.8 Å². The van der Waals surface area contributed by atoms with Crippen LogP contribution in [0, 0.1) is 6.92 Å². The first kappa shape index (κ1) is 20.3. The third-order valence-electron chi connectivity index (χ3n) is 5.75. The van der Waals surface area contributed by atoms with Crippen LogP contribution in [-0.4, -0.2) is 58.9 Å². The van der Waals surface area contributed by atoms with Crippen molar-refractivity contribution in [1.29, 1.82) is 0 Å². The Bertz CT molecular complexity index is 1140. The third-order valence-corrected chi connectivity index (χ3v) is 5.75. The summed E-state index contributed by atoms with van der Waals surface area (Å²) >= 11 is 0. The molecule has 0 saturated carbocycles. The lowest BCUT2D eigenvalue weighted by Gasteiger charge is -2.25. The number of hydrogen-bond donors (Lipinski definition) is 0. The summed E-state index contributed by atoms with van der Waals surface area (Å²) in [6.07, 6.45) is 3.39. The number of aromatic nitrogens is 6. The molecular formula is C20H18F3N7O2. The van der Waals surface area contributed by atoms with Crippen LogP contribution in [0.1, 0.15) is 41.0 Å². The molecule has 12 heteroatoms. The molecule has 3 aromatic heterocycles. The van der Waals surface area contributed by atoms with Crippen LogP contribution in [0.4, 0.5) is 13.2 Å². The summed E-state index contributed by atoms with van der Waals surface area (Å²) in [6.45, 7) is 1.86. The maximum Gasteiger partial charge on any atom is 0.434 e. The Balaban J connectivity index is 1.37. The van der Waals surface area contributed by atoms with E-state index in [2.05, 4.69) is 25.1 Å². The lowest BCUT2D eigenvalue weighted by Crippen LogP contribution is -2.40. The molecule has 2 fully saturated rings. The minimum Gasteiger partial charge on any atom is -0.471 e. The number of aryl methyl sites for hydroxylation is 1. The van der Waals surface area contributed by atoms with Crippen molar-refractivity contribution in [3.8, 4) is 11.6 Å². The second kappa shape index (κ2) is 7.53. The lowest BCUT2D eigenvalue weighted by molar-refractivity contribution is -0.141. The van der Waals surface area contributed by atoms with Crippen molar-refractivity contribution in [3.63, 3.8) is 0 Å². The summed E-state index contributed by atoms with van der Waals surface area (Å²) in [5.41, 5.74) is 0.496. The highest BCUT2D eigenvalue weighted by molar-refractivity contribution is 5.96. The van der Waals surface area contributed by atoms with Gasteiger partial charge in [0.25, 0.3) is 5.91 Å². The standard InChI is InChI=1S/C20H18F3N7O2/c1-11-6-14(30-27-4-5-28-30)18(26-8-11)19(31)29-12-2-3-13(29)15(7-12)32-17-10-24-16(9-25-17)20(21,22)23/h4-6,8-10,12-13,15H,2-3,7H2,1H3. The van der Waals surface area contributed by atoms with E-state index in [4.69, 9.17) is 4.74 Å². The van der Waals surface area contributed by atoms with Crippen molar-refractivity contribution in [2.24, 2.45) is 0 Å². The van der Waals surface area contributed by atoms with Gasteiger partial charge in [0.1, 0.15) is 11.8 Å². The van der Waals surface area contributed by atoms with Crippen molar-refractivity contribution in [3.05, 3.63) is 54.0 Å². The highest BCUT2D eigenvalue weighted by Gasteiger charge is 2.51. The molecule has 1 amide bonds. The van der Waals surface area contributed by atoms with E-state index in [0.29, 0.717) is 18.3 Å². The fourth-order valence-corrected chi connectivity index (χ4v) is 4.39. The highest BCUT2D eigenvalue weighted by Crippen LogP contribution is 2.40. The zero-order valence-corrected chi connectivity index (χ0v) is 16.9. The molecule has 166 valence electrons. The van der Waals surface area contributed by atoms with Gasteiger partial charge in [0.2, 0.25) is 5.88 Å². The Morgan fingerprint density at radius 2 is 1.88 bits per heavy atom. The van der Waals surface area contributed by atoms with Crippen molar-refractivity contribution in [2.75, 3.05) is 0 Å².